The fraction of sp³-hybridized carbons (Fsp3) is 0.208. The minimum absolute atomic E-state index is 0.00663. The zero-order chi connectivity index (χ0) is 28.1. The maximum Gasteiger partial charge on any atom is 0.254 e. The molecule has 0 fully saturated rings. The van der Waals surface area contributed by atoms with E-state index < -0.39 is 17.4 Å². The summed E-state index contributed by atoms with van der Waals surface area (Å²) < 4.78 is 18.1. The highest BCUT2D eigenvalue weighted by molar-refractivity contribution is 6.32. The van der Waals surface area contributed by atoms with E-state index >= 15 is 4.39 Å². The van der Waals surface area contributed by atoms with Crippen LogP contribution in [0.2, 0.25) is 10.2 Å². The molecule has 40 heavy (non-hydrogen) atoms. The molecule has 5 aromatic rings. The number of imidazole rings is 1. The van der Waals surface area contributed by atoms with Crippen molar-refractivity contribution in [2.24, 2.45) is 0 Å². The van der Waals surface area contributed by atoms with E-state index in [0.717, 1.165) is 0 Å². The molecule has 1 aliphatic rings. The van der Waals surface area contributed by atoms with Gasteiger partial charge in [-0.15, -0.1) is 5.10 Å². The molecule has 0 spiro atoms. The smallest absolute Gasteiger partial charge is 0.254 e. The van der Waals surface area contributed by atoms with Crippen LogP contribution in [-0.4, -0.2) is 55.6 Å². The summed E-state index contributed by atoms with van der Waals surface area (Å²) in [5, 5.41) is 13.5. The van der Waals surface area contributed by atoms with Gasteiger partial charge in [-0.25, -0.2) is 24.3 Å². The van der Waals surface area contributed by atoms with E-state index in [1.807, 2.05) is 6.92 Å². The molecule has 4 aromatic heterocycles. The van der Waals surface area contributed by atoms with E-state index in [1.54, 1.807) is 12.3 Å². The van der Waals surface area contributed by atoms with Gasteiger partial charge >= 0.3 is 0 Å². The number of nitrogens with one attached hydrogen (secondary N) is 2. The lowest BCUT2D eigenvalue weighted by atomic mass is 10.1. The fourth-order valence-electron chi connectivity index (χ4n) is 4.74. The third-order valence-corrected chi connectivity index (χ3v) is 6.99. The lowest BCUT2D eigenvalue weighted by Crippen LogP contribution is -2.25. The molecule has 202 valence electrons. The van der Waals surface area contributed by atoms with Gasteiger partial charge in [0.05, 0.1) is 46.1 Å². The molecule has 0 aliphatic carbocycles. The lowest BCUT2D eigenvalue weighted by Gasteiger charge is -2.15. The third kappa shape index (κ3) is 4.40. The molecular formula is C24H18Cl2FN11O2. The normalized spacial score (nSPS) is 16.2. The number of aromatic amines is 1. The Balaban J connectivity index is 1.39. The second-order valence-corrected chi connectivity index (χ2v) is 9.89. The number of rotatable bonds is 5. The van der Waals surface area contributed by atoms with Crippen LogP contribution in [-0.2, 0) is 4.79 Å². The summed E-state index contributed by atoms with van der Waals surface area (Å²) in [5.41, 5.74) is 0.805. The first-order chi connectivity index (χ1) is 19.2. The Bertz CT molecular complexity index is 1840. The molecule has 1 aliphatic heterocycles. The van der Waals surface area contributed by atoms with Gasteiger partial charge in [0.2, 0.25) is 5.91 Å². The second kappa shape index (κ2) is 9.88. The lowest BCUT2D eigenvalue weighted by molar-refractivity contribution is -0.114. The van der Waals surface area contributed by atoms with Crippen LogP contribution in [0.25, 0.3) is 28.3 Å². The van der Waals surface area contributed by atoms with Gasteiger partial charge in [0.15, 0.2) is 16.8 Å². The number of carbonyl (C=O) groups excluding carboxylic acids is 1. The van der Waals surface area contributed by atoms with Crippen molar-refractivity contribution in [1.29, 1.82) is 0 Å². The molecule has 13 nitrogen and oxygen atoms in total. The molecule has 5 heterocycles. The number of halogens is 3. The van der Waals surface area contributed by atoms with E-state index in [4.69, 9.17) is 23.2 Å². The topological polar surface area (TPSA) is 162 Å². The van der Waals surface area contributed by atoms with Gasteiger partial charge in [0.1, 0.15) is 23.7 Å². The number of fused-ring (bicyclic) bond motifs is 1. The number of nitrogens with zero attached hydrogens (tertiary/aromatic N) is 9. The monoisotopic (exact) mass is 581 g/mol. The number of amides is 1. The Kier molecular flexibility index (Phi) is 6.35. The number of hydrogen-bond donors (Lipinski definition) is 2. The SMILES string of the molecule is CC(=O)Nc1cnc(-c2cnc(C3C[C@@H](C)c4nc(-c5c(-n6cnnn6)ccc(Cl)c5F)cc(=O)n43)[nH]2)c(Cl)n1. The van der Waals surface area contributed by atoms with E-state index in [9.17, 15) is 9.59 Å². The number of carbonyl (C=O) groups is 1. The number of aromatic nitrogens is 10. The highest BCUT2D eigenvalue weighted by atomic mass is 35.5. The highest BCUT2D eigenvalue weighted by Gasteiger charge is 2.34. The first-order valence-corrected chi connectivity index (χ1v) is 12.7. The van der Waals surface area contributed by atoms with Crippen molar-refractivity contribution in [1.82, 2.24) is 49.7 Å². The average molecular weight is 582 g/mol. The van der Waals surface area contributed by atoms with Crippen molar-refractivity contribution in [2.45, 2.75) is 32.2 Å². The van der Waals surface area contributed by atoms with Crippen molar-refractivity contribution in [3.63, 3.8) is 0 Å². The number of benzene rings is 1. The van der Waals surface area contributed by atoms with Crippen LogP contribution in [0, 0.1) is 5.82 Å². The molecular weight excluding hydrogens is 564 g/mol. The fourth-order valence-corrected chi connectivity index (χ4v) is 5.14. The van der Waals surface area contributed by atoms with Crippen LogP contribution in [0.1, 0.15) is 43.9 Å². The van der Waals surface area contributed by atoms with Gasteiger partial charge in [0, 0.05) is 18.9 Å². The first kappa shape index (κ1) is 25.7. The molecule has 1 aromatic carbocycles. The summed E-state index contributed by atoms with van der Waals surface area (Å²) in [6, 6.07) is 3.72. The van der Waals surface area contributed by atoms with Gasteiger partial charge in [0.25, 0.3) is 5.56 Å². The van der Waals surface area contributed by atoms with Crippen molar-refractivity contribution in [3.05, 3.63) is 74.9 Å². The molecule has 1 unspecified atom stereocenters. The minimum atomic E-state index is -0.744. The first-order valence-electron chi connectivity index (χ1n) is 11.9. The molecule has 6 rings (SSSR count). The maximum atomic E-state index is 15.3. The predicted octanol–water partition coefficient (Wildman–Crippen LogP) is 3.57. The highest BCUT2D eigenvalue weighted by Crippen LogP contribution is 2.39. The van der Waals surface area contributed by atoms with E-state index in [2.05, 4.69) is 45.8 Å². The van der Waals surface area contributed by atoms with Crippen molar-refractivity contribution >= 4 is 34.9 Å². The van der Waals surface area contributed by atoms with Crippen LogP contribution in [0.5, 0.6) is 0 Å². The number of tetrazole rings is 1. The standard InChI is InChI=1S/C24H18Cl2FN11O2/c1-10-5-16(23-29-7-14(32-23)21-22(26)34-17(8-28-21)31-11(2)39)38-18(40)6-13(33-24(10)38)19-15(37-9-30-35-36-37)4-3-12(25)20(19)27/h3-4,6-10,16H,5H2,1-2H3,(H,29,32)(H,31,34,39)/t10-,16?/m1/s1. The summed E-state index contributed by atoms with van der Waals surface area (Å²) >= 11 is 12.4. The molecule has 16 heteroatoms. The largest absolute Gasteiger partial charge is 0.339 e. The van der Waals surface area contributed by atoms with Gasteiger partial charge in [-0.3, -0.25) is 14.2 Å². The molecule has 0 saturated carbocycles. The Labute approximate surface area is 234 Å². The summed E-state index contributed by atoms with van der Waals surface area (Å²) in [6.45, 7) is 3.27. The molecule has 0 saturated heterocycles. The van der Waals surface area contributed by atoms with Crippen LogP contribution in [0.4, 0.5) is 10.2 Å². The van der Waals surface area contributed by atoms with Crippen molar-refractivity contribution in [2.75, 3.05) is 5.32 Å². The average Bonchev–Trinajstić information content (AvgIpc) is 3.66. The number of hydrogen-bond acceptors (Lipinski definition) is 9. The summed E-state index contributed by atoms with van der Waals surface area (Å²) in [6.07, 6.45) is 4.74. The van der Waals surface area contributed by atoms with Gasteiger partial charge < -0.3 is 10.3 Å². The number of H-pyrrole nitrogens is 1. The van der Waals surface area contributed by atoms with E-state index in [-0.39, 0.29) is 44.8 Å². The zero-order valence-electron chi connectivity index (χ0n) is 20.8. The predicted molar refractivity (Wildman–Crippen MR) is 142 cm³/mol. The Morgan fingerprint density at radius 3 is 2.75 bits per heavy atom. The number of anilines is 1. The molecule has 1 amide bonds. The van der Waals surface area contributed by atoms with Crippen LogP contribution in [0.3, 0.4) is 0 Å². The molecule has 0 bridgehead atoms. The molecule has 0 radical (unpaired) electrons. The molecule has 2 N–H and O–H groups in total. The summed E-state index contributed by atoms with van der Waals surface area (Å²) in [5.74, 6) is -0.0401. The van der Waals surface area contributed by atoms with Crippen molar-refractivity contribution in [3.8, 4) is 28.3 Å². The zero-order valence-corrected chi connectivity index (χ0v) is 22.3. The molecule has 2 atom stereocenters. The Hall–Kier alpha value is -4.56. The van der Waals surface area contributed by atoms with Crippen molar-refractivity contribution < 1.29 is 9.18 Å². The van der Waals surface area contributed by atoms with Crippen LogP contribution in [0.15, 0.2) is 41.7 Å². The quantitative estimate of drug-likeness (QED) is 0.316. The van der Waals surface area contributed by atoms with Crippen LogP contribution < -0.4 is 10.9 Å². The Morgan fingerprint density at radius 2 is 2.02 bits per heavy atom. The third-order valence-electron chi connectivity index (χ3n) is 6.43. The summed E-state index contributed by atoms with van der Waals surface area (Å²) in [4.78, 5) is 45.5. The second-order valence-electron chi connectivity index (χ2n) is 9.13. The van der Waals surface area contributed by atoms with Gasteiger partial charge in [-0.2, -0.15) is 4.68 Å². The van der Waals surface area contributed by atoms with Crippen LogP contribution >= 0.6 is 23.2 Å². The summed E-state index contributed by atoms with van der Waals surface area (Å²) in [7, 11) is 0. The Morgan fingerprint density at radius 1 is 1.20 bits per heavy atom. The van der Waals surface area contributed by atoms with E-state index in [1.165, 1.54) is 40.8 Å². The van der Waals surface area contributed by atoms with Gasteiger partial charge in [-0.1, -0.05) is 30.1 Å². The van der Waals surface area contributed by atoms with E-state index in [0.29, 0.717) is 29.5 Å². The maximum absolute atomic E-state index is 15.3. The minimum Gasteiger partial charge on any atom is -0.339 e. The van der Waals surface area contributed by atoms with Gasteiger partial charge in [-0.05, 0) is 29.0 Å².